The third-order valence-electron chi connectivity index (χ3n) is 3.42. The molecule has 1 heteroatoms. The van der Waals surface area contributed by atoms with E-state index in [1.54, 1.807) is 0 Å². The third kappa shape index (κ3) is 2.40. The summed E-state index contributed by atoms with van der Waals surface area (Å²) in [5.74, 6) is 2.34. The molecular weight excluding hydrogens is 182 g/mol. The second-order valence-electron chi connectivity index (χ2n) is 4.98. The topological polar surface area (TPSA) is 12.0 Å². The maximum atomic E-state index is 3.26. The SMILES string of the molecule is CNC[C@@H]1C[C@H]1c1ccc(C(C)C)cc1. The van der Waals surface area contributed by atoms with E-state index in [2.05, 4.69) is 43.4 Å². The van der Waals surface area contributed by atoms with Crippen LogP contribution in [0, 0.1) is 5.92 Å². The molecule has 1 aliphatic rings. The highest BCUT2D eigenvalue weighted by Gasteiger charge is 2.37. The molecule has 0 amide bonds. The molecular formula is C14H21N. The minimum Gasteiger partial charge on any atom is -0.319 e. The van der Waals surface area contributed by atoms with Gasteiger partial charge in [-0.1, -0.05) is 38.1 Å². The summed E-state index contributed by atoms with van der Waals surface area (Å²) in [5, 5.41) is 3.26. The molecule has 1 aliphatic carbocycles. The highest BCUT2D eigenvalue weighted by Crippen LogP contribution is 2.46. The van der Waals surface area contributed by atoms with Gasteiger partial charge in [0.15, 0.2) is 0 Å². The normalized spacial score (nSPS) is 24.5. The van der Waals surface area contributed by atoms with E-state index < -0.39 is 0 Å². The first-order valence-corrected chi connectivity index (χ1v) is 5.97. The van der Waals surface area contributed by atoms with Crippen molar-refractivity contribution in [3.8, 4) is 0 Å². The highest BCUT2D eigenvalue weighted by atomic mass is 14.8. The van der Waals surface area contributed by atoms with E-state index in [1.807, 2.05) is 7.05 Å². The first kappa shape index (κ1) is 10.7. The Bertz CT molecular complexity index is 313. The lowest BCUT2D eigenvalue weighted by Crippen LogP contribution is -2.10. The van der Waals surface area contributed by atoms with Gasteiger partial charge in [0.25, 0.3) is 0 Å². The van der Waals surface area contributed by atoms with Gasteiger partial charge in [-0.05, 0) is 48.9 Å². The summed E-state index contributed by atoms with van der Waals surface area (Å²) in [6.07, 6.45) is 1.36. The van der Waals surface area contributed by atoms with Crippen LogP contribution in [-0.4, -0.2) is 13.6 Å². The van der Waals surface area contributed by atoms with Crippen LogP contribution in [-0.2, 0) is 0 Å². The predicted molar refractivity (Wildman–Crippen MR) is 65.3 cm³/mol. The van der Waals surface area contributed by atoms with Crippen LogP contribution in [0.15, 0.2) is 24.3 Å². The van der Waals surface area contributed by atoms with Crippen LogP contribution in [0.1, 0.15) is 43.2 Å². The molecule has 1 nitrogen and oxygen atoms in total. The Hall–Kier alpha value is -0.820. The highest BCUT2D eigenvalue weighted by molar-refractivity contribution is 5.30. The smallest absolute Gasteiger partial charge is 0.00175 e. The quantitative estimate of drug-likeness (QED) is 0.792. The first-order valence-electron chi connectivity index (χ1n) is 5.97. The van der Waals surface area contributed by atoms with E-state index in [1.165, 1.54) is 17.5 Å². The van der Waals surface area contributed by atoms with Crippen LogP contribution in [0.5, 0.6) is 0 Å². The molecule has 2 rings (SSSR count). The van der Waals surface area contributed by atoms with Crippen LogP contribution in [0.25, 0.3) is 0 Å². The molecule has 1 N–H and O–H groups in total. The molecule has 0 radical (unpaired) electrons. The van der Waals surface area contributed by atoms with E-state index in [4.69, 9.17) is 0 Å². The number of rotatable bonds is 4. The summed E-state index contributed by atoms with van der Waals surface area (Å²) in [6.45, 7) is 5.66. The molecule has 1 fully saturated rings. The molecule has 0 saturated heterocycles. The van der Waals surface area contributed by atoms with E-state index in [-0.39, 0.29) is 0 Å². The van der Waals surface area contributed by atoms with Gasteiger partial charge >= 0.3 is 0 Å². The molecule has 0 heterocycles. The first-order chi connectivity index (χ1) is 7.22. The zero-order valence-corrected chi connectivity index (χ0v) is 9.96. The molecule has 15 heavy (non-hydrogen) atoms. The molecule has 0 unspecified atom stereocenters. The second-order valence-corrected chi connectivity index (χ2v) is 4.98. The zero-order chi connectivity index (χ0) is 10.8. The second kappa shape index (κ2) is 4.36. The van der Waals surface area contributed by atoms with Crippen LogP contribution in [0.3, 0.4) is 0 Å². The standard InChI is InChI=1S/C14H21N/c1-10(2)11-4-6-12(7-5-11)14-8-13(14)9-15-3/h4-7,10,13-15H,8-9H2,1-3H3/t13-,14-/m0/s1. The maximum absolute atomic E-state index is 3.26. The summed E-state index contributed by atoms with van der Waals surface area (Å²) in [5.41, 5.74) is 2.98. The van der Waals surface area contributed by atoms with Crippen molar-refractivity contribution < 1.29 is 0 Å². The third-order valence-corrected chi connectivity index (χ3v) is 3.42. The average molecular weight is 203 g/mol. The molecule has 2 atom stereocenters. The zero-order valence-electron chi connectivity index (χ0n) is 9.96. The maximum Gasteiger partial charge on any atom is -0.00175 e. The summed E-state index contributed by atoms with van der Waals surface area (Å²) < 4.78 is 0. The Morgan fingerprint density at radius 3 is 2.47 bits per heavy atom. The fourth-order valence-electron chi connectivity index (χ4n) is 2.27. The van der Waals surface area contributed by atoms with Crippen LogP contribution < -0.4 is 5.32 Å². The molecule has 0 aromatic heterocycles. The number of hydrogen-bond donors (Lipinski definition) is 1. The molecule has 1 aromatic rings. The van der Waals surface area contributed by atoms with Crippen LogP contribution in [0.2, 0.25) is 0 Å². The van der Waals surface area contributed by atoms with Crippen molar-refractivity contribution in [3.63, 3.8) is 0 Å². The lowest BCUT2D eigenvalue weighted by Gasteiger charge is -2.06. The van der Waals surface area contributed by atoms with Gasteiger partial charge in [0.2, 0.25) is 0 Å². The molecule has 1 aromatic carbocycles. The van der Waals surface area contributed by atoms with Gasteiger partial charge in [0.05, 0.1) is 0 Å². The minimum absolute atomic E-state index is 0.645. The molecule has 82 valence electrons. The lowest BCUT2D eigenvalue weighted by molar-refractivity contribution is 0.698. The van der Waals surface area contributed by atoms with Crippen molar-refractivity contribution >= 4 is 0 Å². The Morgan fingerprint density at radius 2 is 1.93 bits per heavy atom. The van der Waals surface area contributed by atoms with Crippen molar-refractivity contribution in [3.05, 3.63) is 35.4 Å². The number of benzene rings is 1. The number of hydrogen-bond acceptors (Lipinski definition) is 1. The Labute approximate surface area is 92.9 Å². The Balaban J connectivity index is 2.00. The monoisotopic (exact) mass is 203 g/mol. The lowest BCUT2D eigenvalue weighted by atomic mass is 10.00. The van der Waals surface area contributed by atoms with E-state index in [0.717, 1.165) is 18.4 Å². The van der Waals surface area contributed by atoms with Gasteiger partial charge < -0.3 is 5.32 Å². The van der Waals surface area contributed by atoms with E-state index in [9.17, 15) is 0 Å². The van der Waals surface area contributed by atoms with Gasteiger partial charge in [0, 0.05) is 0 Å². The van der Waals surface area contributed by atoms with Gasteiger partial charge in [-0.25, -0.2) is 0 Å². The van der Waals surface area contributed by atoms with Gasteiger partial charge in [0.1, 0.15) is 0 Å². The Kier molecular flexibility index (Phi) is 3.11. The number of nitrogens with one attached hydrogen (secondary N) is 1. The summed E-state index contributed by atoms with van der Waals surface area (Å²) in [6, 6.07) is 9.20. The molecule has 1 saturated carbocycles. The predicted octanol–water partition coefficient (Wildman–Crippen LogP) is 3.13. The van der Waals surface area contributed by atoms with Crippen LogP contribution in [0.4, 0.5) is 0 Å². The summed E-state index contributed by atoms with van der Waals surface area (Å²) in [7, 11) is 2.04. The summed E-state index contributed by atoms with van der Waals surface area (Å²) >= 11 is 0. The average Bonchev–Trinajstić information content (AvgIpc) is 2.98. The fraction of sp³-hybridized carbons (Fsp3) is 0.571. The van der Waals surface area contributed by atoms with Crippen molar-refractivity contribution in [1.29, 1.82) is 0 Å². The fourth-order valence-corrected chi connectivity index (χ4v) is 2.27. The molecule has 0 spiro atoms. The van der Waals surface area contributed by atoms with Crippen LogP contribution >= 0.6 is 0 Å². The molecule has 0 aliphatic heterocycles. The van der Waals surface area contributed by atoms with Crippen molar-refractivity contribution in [2.45, 2.75) is 32.1 Å². The Morgan fingerprint density at radius 1 is 1.27 bits per heavy atom. The van der Waals surface area contributed by atoms with Gasteiger partial charge in [-0.15, -0.1) is 0 Å². The summed E-state index contributed by atoms with van der Waals surface area (Å²) in [4.78, 5) is 0. The largest absolute Gasteiger partial charge is 0.319 e. The van der Waals surface area contributed by atoms with Gasteiger partial charge in [-0.2, -0.15) is 0 Å². The van der Waals surface area contributed by atoms with Crippen molar-refractivity contribution in [2.75, 3.05) is 13.6 Å². The van der Waals surface area contributed by atoms with Gasteiger partial charge in [-0.3, -0.25) is 0 Å². The molecule has 0 bridgehead atoms. The van der Waals surface area contributed by atoms with Crippen molar-refractivity contribution in [2.24, 2.45) is 5.92 Å². The van der Waals surface area contributed by atoms with E-state index >= 15 is 0 Å². The minimum atomic E-state index is 0.645. The van der Waals surface area contributed by atoms with Crippen molar-refractivity contribution in [1.82, 2.24) is 5.32 Å². The van der Waals surface area contributed by atoms with E-state index in [0.29, 0.717) is 5.92 Å².